The summed E-state index contributed by atoms with van der Waals surface area (Å²) in [5.41, 5.74) is 5.36. The molecule has 0 aromatic carbocycles. The van der Waals surface area contributed by atoms with Gasteiger partial charge in [-0.1, -0.05) is 0 Å². The maximum Gasteiger partial charge on any atom is 0.256 e. The number of nitrogens with zero attached hydrogens (tertiary/aromatic N) is 1. The molecule has 0 unspecified atom stereocenters. The van der Waals surface area contributed by atoms with Crippen molar-refractivity contribution in [2.45, 2.75) is 13.3 Å². The first-order chi connectivity index (χ1) is 6.88. The van der Waals surface area contributed by atoms with E-state index in [9.17, 15) is 0 Å². The normalized spacial score (nSPS) is 9.86. The average Bonchev–Trinajstić information content (AvgIpc) is 2.21. The topological polar surface area (TPSA) is 57.4 Å². The van der Waals surface area contributed by atoms with E-state index in [0.29, 0.717) is 31.4 Å². The van der Waals surface area contributed by atoms with Gasteiger partial charge in [0, 0.05) is 6.20 Å². The van der Waals surface area contributed by atoms with E-state index in [1.54, 1.807) is 6.20 Å². The highest BCUT2D eigenvalue weighted by molar-refractivity contribution is 5.32. The highest BCUT2D eigenvalue weighted by Gasteiger charge is 2.03. The fourth-order valence-corrected chi connectivity index (χ4v) is 1.00. The quantitative estimate of drug-likeness (QED) is 0.695. The van der Waals surface area contributed by atoms with Gasteiger partial charge in [0.1, 0.15) is 0 Å². The number of aromatic nitrogens is 1. The SMILES string of the molecule is CCOc1cccnc1OCCCN. The molecule has 0 saturated heterocycles. The van der Waals surface area contributed by atoms with Crippen LogP contribution in [0.3, 0.4) is 0 Å². The first kappa shape index (κ1) is 10.8. The lowest BCUT2D eigenvalue weighted by atomic mass is 10.4. The van der Waals surface area contributed by atoms with Gasteiger partial charge >= 0.3 is 0 Å². The number of ether oxygens (including phenoxy) is 2. The van der Waals surface area contributed by atoms with E-state index in [1.165, 1.54) is 0 Å². The molecule has 1 heterocycles. The smallest absolute Gasteiger partial charge is 0.256 e. The van der Waals surface area contributed by atoms with Gasteiger partial charge in [0.15, 0.2) is 5.75 Å². The van der Waals surface area contributed by atoms with E-state index in [4.69, 9.17) is 15.2 Å². The minimum absolute atomic E-state index is 0.544. The van der Waals surface area contributed by atoms with Crippen LogP contribution in [-0.2, 0) is 0 Å². The van der Waals surface area contributed by atoms with Gasteiger partial charge in [-0.25, -0.2) is 4.98 Å². The Labute approximate surface area is 84.0 Å². The lowest BCUT2D eigenvalue weighted by Crippen LogP contribution is -2.07. The molecule has 4 nitrogen and oxygen atoms in total. The summed E-state index contributed by atoms with van der Waals surface area (Å²) in [4.78, 5) is 4.08. The van der Waals surface area contributed by atoms with Crippen molar-refractivity contribution in [3.63, 3.8) is 0 Å². The molecule has 2 N–H and O–H groups in total. The monoisotopic (exact) mass is 196 g/mol. The number of nitrogens with two attached hydrogens (primary N) is 1. The Morgan fingerprint density at radius 1 is 1.43 bits per heavy atom. The Morgan fingerprint density at radius 2 is 2.29 bits per heavy atom. The van der Waals surface area contributed by atoms with Gasteiger partial charge in [0.25, 0.3) is 5.88 Å². The van der Waals surface area contributed by atoms with Crippen LogP contribution in [0.15, 0.2) is 18.3 Å². The highest BCUT2D eigenvalue weighted by atomic mass is 16.5. The van der Waals surface area contributed by atoms with E-state index < -0.39 is 0 Å². The molecule has 0 aliphatic heterocycles. The Hall–Kier alpha value is -1.29. The van der Waals surface area contributed by atoms with E-state index in [-0.39, 0.29) is 0 Å². The zero-order valence-corrected chi connectivity index (χ0v) is 8.40. The lowest BCUT2D eigenvalue weighted by molar-refractivity contribution is 0.265. The minimum atomic E-state index is 0.544. The summed E-state index contributed by atoms with van der Waals surface area (Å²) in [6.07, 6.45) is 2.50. The van der Waals surface area contributed by atoms with Crippen LogP contribution in [0.5, 0.6) is 11.6 Å². The summed E-state index contributed by atoms with van der Waals surface area (Å²) in [7, 11) is 0. The van der Waals surface area contributed by atoms with Crippen molar-refractivity contribution < 1.29 is 9.47 Å². The first-order valence-corrected chi connectivity index (χ1v) is 4.79. The van der Waals surface area contributed by atoms with Gasteiger partial charge in [0.2, 0.25) is 0 Å². The van der Waals surface area contributed by atoms with E-state index in [1.807, 2.05) is 19.1 Å². The number of hydrogen-bond acceptors (Lipinski definition) is 4. The molecule has 0 aliphatic carbocycles. The Morgan fingerprint density at radius 3 is 3.00 bits per heavy atom. The molecule has 4 heteroatoms. The van der Waals surface area contributed by atoms with Crippen LogP contribution in [0.1, 0.15) is 13.3 Å². The molecule has 0 spiro atoms. The van der Waals surface area contributed by atoms with E-state index in [2.05, 4.69) is 4.98 Å². The van der Waals surface area contributed by atoms with Gasteiger partial charge in [-0.15, -0.1) is 0 Å². The third-order valence-corrected chi connectivity index (χ3v) is 1.62. The molecule has 0 saturated carbocycles. The molecular weight excluding hydrogens is 180 g/mol. The Balaban J connectivity index is 2.55. The average molecular weight is 196 g/mol. The second kappa shape index (κ2) is 6.21. The van der Waals surface area contributed by atoms with Crippen molar-refractivity contribution in [3.05, 3.63) is 18.3 Å². The fourth-order valence-electron chi connectivity index (χ4n) is 1.00. The molecule has 0 bridgehead atoms. The highest BCUT2D eigenvalue weighted by Crippen LogP contribution is 2.23. The molecule has 0 amide bonds. The molecular formula is C10H16N2O2. The summed E-state index contributed by atoms with van der Waals surface area (Å²) in [6, 6.07) is 3.66. The summed E-state index contributed by atoms with van der Waals surface area (Å²) in [5, 5.41) is 0. The fraction of sp³-hybridized carbons (Fsp3) is 0.500. The predicted molar refractivity (Wildman–Crippen MR) is 54.6 cm³/mol. The van der Waals surface area contributed by atoms with Crippen LogP contribution < -0.4 is 15.2 Å². The van der Waals surface area contributed by atoms with Crippen LogP contribution in [0, 0.1) is 0 Å². The lowest BCUT2D eigenvalue weighted by Gasteiger charge is -2.09. The number of hydrogen-bond donors (Lipinski definition) is 1. The minimum Gasteiger partial charge on any atom is -0.488 e. The molecule has 1 aromatic heterocycles. The molecule has 0 aliphatic rings. The molecule has 1 aromatic rings. The van der Waals surface area contributed by atoms with E-state index in [0.717, 1.165) is 6.42 Å². The second-order valence-corrected chi connectivity index (χ2v) is 2.73. The van der Waals surface area contributed by atoms with Gasteiger partial charge in [-0.05, 0) is 32.0 Å². The van der Waals surface area contributed by atoms with Gasteiger partial charge in [0.05, 0.1) is 13.2 Å². The van der Waals surface area contributed by atoms with Crippen molar-refractivity contribution >= 4 is 0 Å². The summed E-state index contributed by atoms with van der Waals surface area (Å²) >= 11 is 0. The summed E-state index contributed by atoms with van der Waals surface area (Å²) in [5.74, 6) is 1.23. The van der Waals surface area contributed by atoms with Gasteiger partial charge in [-0.2, -0.15) is 0 Å². The Bertz CT molecular complexity index is 266. The molecule has 1 rings (SSSR count). The third-order valence-electron chi connectivity index (χ3n) is 1.62. The summed E-state index contributed by atoms with van der Waals surface area (Å²) < 4.78 is 10.8. The van der Waals surface area contributed by atoms with Gasteiger partial charge in [-0.3, -0.25) is 0 Å². The maximum absolute atomic E-state index is 5.41. The first-order valence-electron chi connectivity index (χ1n) is 4.79. The maximum atomic E-state index is 5.41. The molecule has 14 heavy (non-hydrogen) atoms. The molecule has 0 fully saturated rings. The predicted octanol–water partition coefficient (Wildman–Crippen LogP) is 1.21. The second-order valence-electron chi connectivity index (χ2n) is 2.73. The van der Waals surface area contributed by atoms with Crippen LogP contribution in [0.25, 0.3) is 0 Å². The van der Waals surface area contributed by atoms with E-state index >= 15 is 0 Å². The van der Waals surface area contributed by atoms with Crippen LogP contribution >= 0.6 is 0 Å². The van der Waals surface area contributed by atoms with Crippen molar-refractivity contribution in [3.8, 4) is 11.6 Å². The Kier molecular flexibility index (Phi) is 4.78. The number of pyridine rings is 1. The summed E-state index contributed by atoms with van der Waals surface area (Å²) in [6.45, 7) is 3.74. The zero-order valence-electron chi connectivity index (χ0n) is 8.40. The van der Waals surface area contributed by atoms with Crippen LogP contribution in [0.2, 0.25) is 0 Å². The van der Waals surface area contributed by atoms with Crippen LogP contribution in [0.4, 0.5) is 0 Å². The van der Waals surface area contributed by atoms with Crippen molar-refractivity contribution in [2.75, 3.05) is 19.8 Å². The van der Waals surface area contributed by atoms with Crippen molar-refractivity contribution in [1.82, 2.24) is 4.98 Å². The van der Waals surface area contributed by atoms with Crippen LogP contribution in [-0.4, -0.2) is 24.7 Å². The molecule has 0 radical (unpaired) electrons. The number of rotatable bonds is 6. The largest absolute Gasteiger partial charge is 0.488 e. The third kappa shape index (κ3) is 3.22. The molecule has 78 valence electrons. The van der Waals surface area contributed by atoms with Gasteiger partial charge < -0.3 is 15.2 Å². The van der Waals surface area contributed by atoms with Crippen molar-refractivity contribution in [2.24, 2.45) is 5.73 Å². The zero-order chi connectivity index (χ0) is 10.2. The molecule has 0 atom stereocenters. The van der Waals surface area contributed by atoms with Crippen molar-refractivity contribution in [1.29, 1.82) is 0 Å². The standard InChI is InChI=1S/C10H16N2O2/c1-2-13-9-5-3-7-12-10(9)14-8-4-6-11/h3,5,7H,2,4,6,8,11H2,1H3.